The number of thiophene rings is 1. The molecule has 0 spiro atoms. The fourth-order valence-corrected chi connectivity index (χ4v) is 7.36. The quantitative estimate of drug-likeness (QED) is 0.215. The van der Waals surface area contributed by atoms with Gasteiger partial charge in [0.2, 0.25) is 6.79 Å². The van der Waals surface area contributed by atoms with Crippen molar-refractivity contribution in [2.24, 2.45) is 0 Å². The Labute approximate surface area is 227 Å². The van der Waals surface area contributed by atoms with Gasteiger partial charge in [-0.05, 0) is 49.2 Å². The van der Waals surface area contributed by atoms with Crippen LogP contribution in [-0.2, 0) is 19.5 Å². The Bertz CT molecular complexity index is 1590. The van der Waals surface area contributed by atoms with Crippen molar-refractivity contribution in [2.45, 2.75) is 24.8 Å². The Morgan fingerprint density at radius 1 is 1.24 bits per heavy atom. The number of fused-ring (bicyclic) bond motifs is 2. The molecule has 0 fully saturated rings. The Hall–Kier alpha value is -2.94. The second-order valence-electron chi connectivity index (χ2n) is 8.39. The predicted molar refractivity (Wildman–Crippen MR) is 140 cm³/mol. The maximum absolute atomic E-state index is 14.4. The molecule has 5 rings (SSSR count). The number of aryl methyl sites for hydroxylation is 2. The van der Waals surface area contributed by atoms with Gasteiger partial charge in [0.05, 0.1) is 18.1 Å². The predicted octanol–water partition coefficient (Wildman–Crippen LogP) is 4.18. The topological polar surface area (TPSA) is 133 Å². The number of aliphatic hydroxyl groups excluding tert-OH is 1. The molecular formula is C24H24ClN3O8S2. The molecule has 1 atom stereocenters. The molecule has 1 aliphatic rings. The lowest BCUT2D eigenvalue weighted by Crippen LogP contribution is -2.34. The number of pyridine rings is 1. The molecule has 1 unspecified atom stereocenters. The molecule has 0 saturated heterocycles. The van der Waals surface area contributed by atoms with Gasteiger partial charge in [0.15, 0.2) is 11.5 Å². The number of hydrogen-bond donors (Lipinski definition) is 1. The standard InChI is InChI=1S/C24H24ClN3O8S2/c1-13-9-17-18(35-12-34-17)10-16(13)20(29)21-22(15-5-4-6-26-23(15)37-21)38(30,31)28(11-33-8-7-32-3)24-19(25)14(2)27-36-24/h4-6,9-10,20,29H,7-8,11-12H2,1-3H3. The highest BCUT2D eigenvalue weighted by atomic mass is 35.5. The van der Waals surface area contributed by atoms with Gasteiger partial charge >= 0.3 is 0 Å². The SMILES string of the molecule is COCCOCN(c1onc(C)c1Cl)S(=O)(=O)c1c(C(O)c2cc3c(cc2C)OCO3)sc2ncccc12. The minimum absolute atomic E-state index is 0.0234. The largest absolute Gasteiger partial charge is 0.454 e. The molecule has 1 aromatic carbocycles. The van der Waals surface area contributed by atoms with E-state index in [2.05, 4.69) is 10.1 Å². The minimum Gasteiger partial charge on any atom is -0.454 e. The number of hydrogen-bond acceptors (Lipinski definition) is 11. The molecule has 3 aromatic heterocycles. The van der Waals surface area contributed by atoms with Crippen molar-refractivity contribution in [1.82, 2.24) is 10.1 Å². The second kappa shape index (κ2) is 10.7. The summed E-state index contributed by atoms with van der Waals surface area (Å²) in [4.78, 5) is 4.79. The summed E-state index contributed by atoms with van der Waals surface area (Å²) in [6, 6.07) is 6.65. The molecule has 0 bridgehead atoms. The first-order chi connectivity index (χ1) is 18.2. The Morgan fingerprint density at radius 2 is 2.00 bits per heavy atom. The number of halogens is 1. The van der Waals surface area contributed by atoms with Crippen LogP contribution in [0, 0.1) is 13.8 Å². The normalized spacial score (nSPS) is 13.8. The van der Waals surface area contributed by atoms with Crippen LogP contribution in [0.5, 0.6) is 11.5 Å². The van der Waals surface area contributed by atoms with E-state index in [0.29, 0.717) is 38.5 Å². The van der Waals surface area contributed by atoms with Crippen molar-refractivity contribution in [2.75, 3.05) is 38.2 Å². The molecule has 4 aromatic rings. The first-order valence-electron chi connectivity index (χ1n) is 11.4. The zero-order chi connectivity index (χ0) is 27.0. The van der Waals surface area contributed by atoms with Crippen LogP contribution in [0.3, 0.4) is 0 Å². The van der Waals surface area contributed by atoms with Crippen LogP contribution in [0.4, 0.5) is 5.88 Å². The molecule has 0 aliphatic carbocycles. The van der Waals surface area contributed by atoms with Gasteiger partial charge in [0, 0.05) is 18.7 Å². The van der Waals surface area contributed by atoms with Crippen LogP contribution < -0.4 is 13.8 Å². The second-order valence-corrected chi connectivity index (χ2v) is 11.6. The minimum atomic E-state index is -4.44. The average Bonchev–Trinajstić information content (AvgIpc) is 3.60. The Balaban J connectivity index is 1.66. The van der Waals surface area contributed by atoms with Crippen LogP contribution >= 0.6 is 22.9 Å². The fourth-order valence-electron chi connectivity index (χ4n) is 4.01. The van der Waals surface area contributed by atoms with E-state index < -0.39 is 22.9 Å². The van der Waals surface area contributed by atoms with Crippen LogP contribution in [0.2, 0.25) is 5.02 Å². The van der Waals surface area contributed by atoms with E-state index >= 15 is 0 Å². The molecule has 11 nitrogen and oxygen atoms in total. The van der Waals surface area contributed by atoms with E-state index in [-0.39, 0.29) is 40.7 Å². The molecule has 4 heterocycles. The number of ether oxygens (including phenoxy) is 4. The number of aliphatic hydroxyl groups is 1. The summed E-state index contributed by atoms with van der Waals surface area (Å²) in [5, 5.41) is 15.8. The lowest BCUT2D eigenvalue weighted by atomic mass is 10.0. The summed E-state index contributed by atoms with van der Waals surface area (Å²) in [6.45, 7) is 3.38. The zero-order valence-electron chi connectivity index (χ0n) is 20.6. The van der Waals surface area contributed by atoms with Gasteiger partial charge in [-0.15, -0.1) is 11.3 Å². The first kappa shape index (κ1) is 26.7. The van der Waals surface area contributed by atoms with E-state index in [1.807, 2.05) is 0 Å². The lowest BCUT2D eigenvalue weighted by molar-refractivity contribution is 0.0744. The number of nitrogens with zero attached hydrogens (tertiary/aromatic N) is 3. The van der Waals surface area contributed by atoms with Crippen LogP contribution in [0.25, 0.3) is 10.2 Å². The molecule has 1 aliphatic heterocycles. The first-order valence-corrected chi connectivity index (χ1v) is 14.0. The third kappa shape index (κ3) is 4.70. The van der Waals surface area contributed by atoms with E-state index in [4.69, 9.17) is 35.1 Å². The summed E-state index contributed by atoms with van der Waals surface area (Å²) in [5.41, 5.74) is 1.48. The fraction of sp³-hybridized carbons (Fsp3) is 0.333. The third-order valence-electron chi connectivity index (χ3n) is 5.94. The van der Waals surface area contributed by atoms with Crippen LogP contribution in [-0.4, -0.2) is 57.5 Å². The molecular weight excluding hydrogens is 558 g/mol. The number of sulfonamides is 1. The van der Waals surface area contributed by atoms with Crippen molar-refractivity contribution < 1.29 is 37.0 Å². The van der Waals surface area contributed by atoms with Gasteiger partial charge in [-0.2, -0.15) is 0 Å². The van der Waals surface area contributed by atoms with Gasteiger partial charge in [-0.25, -0.2) is 17.7 Å². The lowest BCUT2D eigenvalue weighted by Gasteiger charge is -2.23. The van der Waals surface area contributed by atoms with Crippen LogP contribution in [0.15, 0.2) is 39.9 Å². The van der Waals surface area contributed by atoms with E-state index in [9.17, 15) is 13.5 Å². The van der Waals surface area contributed by atoms with Crippen molar-refractivity contribution >= 4 is 49.1 Å². The van der Waals surface area contributed by atoms with Gasteiger partial charge in [-0.1, -0.05) is 16.8 Å². The van der Waals surface area contributed by atoms with Crippen molar-refractivity contribution in [3.05, 3.63) is 57.2 Å². The monoisotopic (exact) mass is 581 g/mol. The number of aromatic nitrogens is 2. The Kier molecular flexibility index (Phi) is 7.49. The number of benzene rings is 1. The summed E-state index contributed by atoms with van der Waals surface area (Å²) < 4.78 is 56.4. The highest BCUT2D eigenvalue weighted by Crippen LogP contribution is 2.45. The average molecular weight is 582 g/mol. The maximum Gasteiger partial charge on any atom is 0.270 e. The molecule has 202 valence electrons. The summed E-state index contributed by atoms with van der Waals surface area (Å²) >= 11 is 7.45. The maximum atomic E-state index is 14.4. The third-order valence-corrected chi connectivity index (χ3v) is 9.48. The van der Waals surface area contributed by atoms with Gasteiger partial charge in [0.25, 0.3) is 15.9 Å². The van der Waals surface area contributed by atoms with Crippen molar-refractivity contribution in [3.63, 3.8) is 0 Å². The van der Waals surface area contributed by atoms with E-state index in [0.717, 1.165) is 15.6 Å². The number of methoxy groups -OCH3 is 1. The molecule has 14 heteroatoms. The highest BCUT2D eigenvalue weighted by molar-refractivity contribution is 7.93. The Morgan fingerprint density at radius 3 is 2.71 bits per heavy atom. The van der Waals surface area contributed by atoms with Crippen molar-refractivity contribution in [1.29, 1.82) is 0 Å². The van der Waals surface area contributed by atoms with Gasteiger partial charge in [0.1, 0.15) is 33.3 Å². The highest BCUT2D eigenvalue weighted by Gasteiger charge is 2.38. The number of rotatable bonds is 10. The van der Waals surface area contributed by atoms with Crippen LogP contribution in [0.1, 0.15) is 27.8 Å². The molecule has 0 amide bonds. The number of anilines is 1. The summed E-state index contributed by atoms with van der Waals surface area (Å²) in [7, 11) is -2.93. The molecule has 1 N–H and O–H groups in total. The summed E-state index contributed by atoms with van der Waals surface area (Å²) in [5.74, 6) is 0.814. The smallest absolute Gasteiger partial charge is 0.270 e. The molecule has 0 saturated carbocycles. The van der Waals surface area contributed by atoms with Gasteiger partial charge < -0.3 is 28.6 Å². The summed E-state index contributed by atoms with van der Waals surface area (Å²) in [6.07, 6.45) is 0.233. The van der Waals surface area contributed by atoms with Gasteiger partial charge in [-0.3, -0.25) is 0 Å². The van der Waals surface area contributed by atoms with E-state index in [1.54, 1.807) is 44.3 Å². The zero-order valence-corrected chi connectivity index (χ0v) is 23.0. The molecule has 0 radical (unpaired) electrons. The molecule has 38 heavy (non-hydrogen) atoms. The van der Waals surface area contributed by atoms with Crippen molar-refractivity contribution in [3.8, 4) is 11.5 Å². The van der Waals surface area contributed by atoms with E-state index in [1.165, 1.54) is 7.11 Å².